The van der Waals surface area contributed by atoms with Gasteiger partial charge in [-0.2, -0.15) is 0 Å². The molecule has 0 unspecified atom stereocenters. The fourth-order valence-electron chi connectivity index (χ4n) is 2.74. The third-order valence-electron chi connectivity index (χ3n) is 4.03. The molecule has 0 N–H and O–H groups in total. The van der Waals surface area contributed by atoms with Gasteiger partial charge in [-0.1, -0.05) is 63.6 Å². The fraction of sp³-hybridized carbons (Fsp3) is 0.474. The molecule has 0 aliphatic heterocycles. The summed E-state index contributed by atoms with van der Waals surface area (Å²) >= 11 is 0. The second kappa shape index (κ2) is 8.04. The van der Waals surface area contributed by atoms with Crippen LogP contribution in [0.25, 0.3) is 10.8 Å². The number of nitrogens with zero attached hydrogens (tertiary/aromatic N) is 1. The van der Waals surface area contributed by atoms with Crippen molar-refractivity contribution in [1.29, 1.82) is 0 Å². The average Bonchev–Trinajstić information content (AvgIpc) is 2.53. The van der Waals surface area contributed by atoms with Gasteiger partial charge in [0.25, 0.3) is 0 Å². The van der Waals surface area contributed by atoms with Crippen LogP contribution >= 0.6 is 0 Å². The molecule has 114 valence electrons. The highest BCUT2D eigenvalue weighted by Gasteiger charge is 2.09. The summed E-state index contributed by atoms with van der Waals surface area (Å²) in [4.78, 5) is 2.39. The van der Waals surface area contributed by atoms with Gasteiger partial charge in [0.2, 0.25) is 0 Å². The normalized spacial score (nSPS) is 11.2. The van der Waals surface area contributed by atoms with E-state index in [2.05, 4.69) is 62.1 Å². The molecule has 0 aromatic heterocycles. The van der Waals surface area contributed by atoms with Crippen molar-refractivity contribution < 1.29 is 4.74 Å². The molecule has 0 atom stereocenters. The van der Waals surface area contributed by atoms with Crippen molar-refractivity contribution in [2.45, 2.75) is 33.6 Å². The SMILES string of the molecule is CCCc1ccc2ccccc2c1OCCN(CC)CC. The molecule has 2 heteroatoms. The number of fused-ring (bicyclic) bond motifs is 1. The van der Waals surface area contributed by atoms with Gasteiger partial charge in [0.1, 0.15) is 12.4 Å². The van der Waals surface area contributed by atoms with Crippen LogP contribution in [0.15, 0.2) is 36.4 Å². The van der Waals surface area contributed by atoms with E-state index in [0.29, 0.717) is 0 Å². The van der Waals surface area contributed by atoms with Crippen LogP contribution in [0.1, 0.15) is 32.8 Å². The van der Waals surface area contributed by atoms with E-state index in [0.717, 1.165) is 44.8 Å². The lowest BCUT2D eigenvalue weighted by Crippen LogP contribution is -2.28. The largest absolute Gasteiger partial charge is 0.491 e. The number of aryl methyl sites for hydroxylation is 1. The van der Waals surface area contributed by atoms with E-state index in [1.54, 1.807) is 0 Å². The molecule has 0 heterocycles. The zero-order valence-electron chi connectivity index (χ0n) is 13.6. The van der Waals surface area contributed by atoms with Crippen LogP contribution in [-0.4, -0.2) is 31.1 Å². The maximum absolute atomic E-state index is 6.20. The van der Waals surface area contributed by atoms with Gasteiger partial charge in [0.15, 0.2) is 0 Å². The molecule has 2 nitrogen and oxygen atoms in total. The third kappa shape index (κ3) is 3.98. The first-order valence-electron chi connectivity index (χ1n) is 8.15. The summed E-state index contributed by atoms with van der Waals surface area (Å²) in [5.74, 6) is 1.09. The maximum atomic E-state index is 6.20. The first kappa shape index (κ1) is 15.8. The molecular formula is C19H27NO. The molecule has 0 radical (unpaired) electrons. The van der Waals surface area contributed by atoms with E-state index in [-0.39, 0.29) is 0 Å². The number of ether oxygens (including phenoxy) is 1. The Hall–Kier alpha value is -1.54. The lowest BCUT2D eigenvalue weighted by Gasteiger charge is -2.20. The van der Waals surface area contributed by atoms with Gasteiger partial charge in [0, 0.05) is 11.9 Å². The number of rotatable bonds is 8. The lowest BCUT2D eigenvalue weighted by molar-refractivity contribution is 0.223. The van der Waals surface area contributed by atoms with Crippen molar-refractivity contribution in [1.82, 2.24) is 4.90 Å². The average molecular weight is 285 g/mol. The van der Waals surface area contributed by atoms with Crippen molar-refractivity contribution in [2.24, 2.45) is 0 Å². The number of likely N-dealkylation sites (N-methyl/N-ethyl adjacent to an activating group) is 1. The summed E-state index contributed by atoms with van der Waals surface area (Å²) < 4.78 is 6.20. The maximum Gasteiger partial charge on any atom is 0.130 e. The summed E-state index contributed by atoms with van der Waals surface area (Å²) in [7, 11) is 0. The van der Waals surface area contributed by atoms with E-state index < -0.39 is 0 Å². The van der Waals surface area contributed by atoms with Crippen LogP contribution in [0.2, 0.25) is 0 Å². The fourth-order valence-corrected chi connectivity index (χ4v) is 2.74. The molecule has 0 aliphatic rings. The quantitative estimate of drug-likeness (QED) is 0.707. The standard InChI is InChI=1S/C19H27NO/c1-4-9-17-13-12-16-10-7-8-11-18(16)19(17)21-15-14-20(5-2)6-3/h7-8,10-13H,4-6,9,14-15H2,1-3H3. The van der Waals surface area contributed by atoms with Crippen LogP contribution in [0.3, 0.4) is 0 Å². The molecule has 0 saturated carbocycles. The molecule has 2 rings (SSSR count). The molecule has 0 aliphatic carbocycles. The number of hydrogen-bond acceptors (Lipinski definition) is 2. The summed E-state index contributed by atoms with van der Waals surface area (Å²) in [6, 6.07) is 12.9. The van der Waals surface area contributed by atoms with Gasteiger partial charge in [-0.3, -0.25) is 0 Å². The Morgan fingerprint density at radius 2 is 1.71 bits per heavy atom. The Kier molecular flexibility index (Phi) is 6.06. The minimum atomic E-state index is 0.756. The van der Waals surface area contributed by atoms with Crippen LogP contribution < -0.4 is 4.74 Å². The zero-order valence-corrected chi connectivity index (χ0v) is 13.6. The van der Waals surface area contributed by atoms with E-state index >= 15 is 0 Å². The van der Waals surface area contributed by atoms with Gasteiger partial charge >= 0.3 is 0 Å². The van der Waals surface area contributed by atoms with Crippen LogP contribution in [-0.2, 0) is 6.42 Å². The molecule has 2 aromatic rings. The molecule has 0 amide bonds. The Balaban J connectivity index is 2.20. The van der Waals surface area contributed by atoms with Gasteiger partial charge in [-0.05, 0) is 30.5 Å². The van der Waals surface area contributed by atoms with E-state index in [1.165, 1.54) is 16.3 Å². The predicted molar refractivity (Wildman–Crippen MR) is 91.2 cm³/mol. The Morgan fingerprint density at radius 1 is 0.952 bits per heavy atom. The van der Waals surface area contributed by atoms with Crippen LogP contribution in [0, 0.1) is 0 Å². The predicted octanol–water partition coefficient (Wildman–Crippen LogP) is 4.51. The second-order valence-corrected chi connectivity index (χ2v) is 5.40. The smallest absolute Gasteiger partial charge is 0.130 e. The molecule has 0 fully saturated rings. The van der Waals surface area contributed by atoms with Gasteiger partial charge in [-0.25, -0.2) is 0 Å². The van der Waals surface area contributed by atoms with Crippen LogP contribution in [0.5, 0.6) is 5.75 Å². The van der Waals surface area contributed by atoms with Crippen molar-refractivity contribution in [3.05, 3.63) is 42.0 Å². The number of benzene rings is 2. The van der Waals surface area contributed by atoms with E-state index in [9.17, 15) is 0 Å². The minimum absolute atomic E-state index is 0.756. The Morgan fingerprint density at radius 3 is 2.43 bits per heavy atom. The molecule has 0 spiro atoms. The van der Waals surface area contributed by atoms with Crippen molar-refractivity contribution >= 4 is 10.8 Å². The minimum Gasteiger partial charge on any atom is -0.491 e. The highest BCUT2D eigenvalue weighted by molar-refractivity contribution is 5.89. The lowest BCUT2D eigenvalue weighted by atomic mass is 10.0. The number of hydrogen-bond donors (Lipinski definition) is 0. The summed E-state index contributed by atoms with van der Waals surface area (Å²) in [5.41, 5.74) is 1.33. The molecule has 0 saturated heterocycles. The second-order valence-electron chi connectivity index (χ2n) is 5.40. The molecule has 2 aromatic carbocycles. The van der Waals surface area contributed by atoms with Crippen molar-refractivity contribution in [3.63, 3.8) is 0 Å². The first-order chi connectivity index (χ1) is 10.3. The van der Waals surface area contributed by atoms with Crippen molar-refractivity contribution in [3.8, 4) is 5.75 Å². The van der Waals surface area contributed by atoms with Crippen LogP contribution in [0.4, 0.5) is 0 Å². The van der Waals surface area contributed by atoms with E-state index in [1.807, 2.05) is 0 Å². The van der Waals surface area contributed by atoms with Gasteiger partial charge in [0.05, 0.1) is 0 Å². The Labute approximate surface area is 128 Å². The third-order valence-corrected chi connectivity index (χ3v) is 4.03. The van der Waals surface area contributed by atoms with Gasteiger partial charge in [-0.15, -0.1) is 0 Å². The first-order valence-corrected chi connectivity index (χ1v) is 8.15. The summed E-state index contributed by atoms with van der Waals surface area (Å²) in [5, 5.41) is 2.50. The topological polar surface area (TPSA) is 12.5 Å². The summed E-state index contributed by atoms with van der Waals surface area (Å²) in [6.45, 7) is 10.5. The molecular weight excluding hydrogens is 258 g/mol. The molecule has 0 bridgehead atoms. The monoisotopic (exact) mass is 285 g/mol. The zero-order chi connectivity index (χ0) is 15.1. The van der Waals surface area contributed by atoms with Gasteiger partial charge < -0.3 is 9.64 Å². The highest BCUT2D eigenvalue weighted by atomic mass is 16.5. The highest BCUT2D eigenvalue weighted by Crippen LogP contribution is 2.30. The molecule has 21 heavy (non-hydrogen) atoms. The summed E-state index contributed by atoms with van der Waals surface area (Å²) in [6.07, 6.45) is 2.22. The van der Waals surface area contributed by atoms with E-state index in [4.69, 9.17) is 4.74 Å². The Bertz CT molecular complexity index is 560. The van der Waals surface area contributed by atoms with Crippen molar-refractivity contribution in [2.75, 3.05) is 26.2 Å².